The van der Waals surface area contributed by atoms with E-state index in [1.807, 2.05) is 18.2 Å². The second-order valence-corrected chi connectivity index (χ2v) is 4.60. The molecule has 0 saturated carbocycles. The van der Waals surface area contributed by atoms with Gasteiger partial charge in [-0.15, -0.1) is 0 Å². The van der Waals surface area contributed by atoms with Gasteiger partial charge < -0.3 is 5.32 Å². The second kappa shape index (κ2) is 6.67. The van der Waals surface area contributed by atoms with Gasteiger partial charge in [0.05, 0.1) is 0 Å². The predicted octanol–water partition coefficient (Wildman–Crippen LogP) is 2.85. The van der Waals surface area contributed by atoms with Crippen LogP contribution in [0.25, 0.3) is 0 Å². The van der Waals surface area contributed by atoms with Gasteiger partial charge in [-0.1, -0.05) is 37.3 Å². The van der Waals surface area contributed by atoms with E-state index < -0.39 is 0 Å². The van der Waals surface area contributed by atoms with Crippen molar-refractivity contribution in [3.05, 3.63) is 65.5 Å². The van der Waals surface area contributed by atoms with Gasteiger partial charge in [0.1, 0.15) is 11.8 Å². The Morgan fingerprint density at radius 2 is 2.05 bits per heavy atom. The Labute approximate surface area is 113 Å². The van der Waals surface area contributed by atoms with E-state index in [0.717, 1.165) is 18.7 Å². The molecule has 0 aliphatic carbocycles. The molecule has 1 atom stereocenters. The molecule has 0 fully saturated rings. The van der Waals surface area contributed by atoms with Crippen molar-refractivity contribution in [3.8, 4) is 6.07 Å². The van der Waals surface area contributed by atoms with Crippen LogP contribution in [0.5, 0.6) is 0 Å². The maximum absolute atomic E-state index is 8.79. The number of aromatic nitrogens is 1. The van der Waals surface area contributed by atoms with Gasteiger partial charge in [0, 0.05) is 19.3 Å². The molecule has 2 aromatic rings. The molecule has 0 bridgehead atoms. The number of hydrogen-bond acceptors (Lipinski definition) is 3. The zero-order valence-electron chi connectivity index (χ0n) is 11.0. The Bertz CT molecular complexity index is 558. The number of rotatable bonds is 5. The van der Waals surface area contributed by atoms with Gasteiger partial charge in [-0.25, -0.2) is 4.98 Å². The molecule has 1 N–H and O–H groups in total. The lowest BCUT2D eigenvalue weighted by molar-refractivity contribution is 0.615. The smallest absolute Gasteiger partial charge is 0.140 e. The first-order chi connectivity index (χ1) is 9.29. The molecule has 0 aliphatic heterocycles. The van der Waals surface area contributed by atoms with Crippen LogP contribution in [-0.2, 0) is 6.54 Å². The van der Waals surface area contributed by atoms with Crippen LogP contribution in [0.15, 0.2) is 48.7 Å². The Balaban J connectivity index is 1.85. The fraction of sp³-hybridized carbons (Fsp3) is 0.250. The minimum atomic E-state index is 0.468. The molecule has 1 heterocycles. The summed E-state index contributed by atoms with van der Waals surface area (Å²) in [6.45, 7) is 3.87. The summed E-state index contributed by atoms with van der Waals surface area (Å²) in [5.74, 6) is 0.471. The molecule has 0 spiro atoms. The largest absolute Gasteiger partial charge is 0.312 e. The van der Waals surface area contributed by atoms with Crippen LogP contribution >= 0.6 is 0 Å². The summed E-state index contributed by atoms with van der Waals surface area (Å²) < 4.78 is 0. The lowest BCUT2D eigenvalue weighted by Crippen LogP contribution is -2.19. The van der Waals surface area contributed by atoms with Crippen molar-refractivity contribution in [2.45, 2.75) is 19.4 Å². The SMILES string of the molecule is CC(CNCc1ccnc(C#N)c1)c1ccccc1. The van der Waals surface area contributed by atoms with Crippen molar-refractivity contribution in [2.75, 3.05) is 6.54 Å². The average molecular weight is 251 g/mol. The molecule has 0 saturated heterocycles. The minimum absolute atomic E-state index is 0.468. The van der Waals surface area contributed by atoms with Gasteiger partial charge in [0.15, 0.2) is 0 Å². The van der Waals surface area contributed by atoms with Gasteiger partial charge >= 0.3 is 0 Å². The van der Waals surface area contributed by atoms with Crippen LogP contribution in [0.4, 0.5) is 0 Å². The van der Waals surface area contributed by atoms with E-state index in [4.69, 9.17) is 5.26 Å². The second-order valence-electron chi connectivity index (χ2n) is 4.60. The number of hydrogen-bond donors (Lipinski definition) is 1. The number of nitrogens with one attached hydrogen (secondary N) is 1. The summed E-state index contributed by atoms with van der Waals surface area (Å²) in [5.41, 5.74) is 2.89. The molecule has 0 amide bonds. The maximum atomic E-state index is 8.79. The van der Waals surface area contributed by atoms with Crippen molar-refractivity contribution in [2.24, 2.45) is 0 Å². The standard InChI is InChI=1S/C16H17N3/c1-13(15-5-3-2-4-6-15)11-18-12-14-7-8-19-16(9-14)10-17/h2-9,13,18H,11-12H2,1H3. The Morgan fingerprint density at radius 1 is 1.26 bits per heavy atom. The number of pyridine rings is 1. The zero-order valence-corrected chi connectivity index (χ0v) is 11.0. The molecule has 96 valence electrons. The quantitative estimate of drug-likeness (QED) is 0.889. The van der Waals surface area contributed by atoms with Gasteiger partial charge in [-0.3, -0.25) is 0 Å². The third kappa shape index (κ3) is 3.90. The van der Waals surface area contributed by atoms with Crippen LogP contribution in [-0.4, -0.2) is 11.5 Å². The van der Waals surface area contributed by atoms with E-state index in [1.54, 1.807) is 6.20 Å². The van der Waals surface area contributed by atoms with E-state index in [1.165, 1.54) is 5.56 Å². The fourth-order valence-corrected chi connectivity index (χ4v) is 1.98. The third-order valence-corrected chi connectivity index (χ3v) is 3.09. The van der Waals surface area contributed by atoms with Gasteiger partial charge in [-0.05, 0) is 29.2 Å². The Morgan fingerprint density at radius 3 is 2.79 bits per heavy atom. The van der Waals surface area contributed by atoms with Crippen molar-refractivity contribution in [1.29, 1.82) is 5.26 Å². The summed E-state index contributed by atoms with van der Waals surface area (Å²) in [6, 6.07) is 16.3. The lowest BCUT2D eigenvalue weighted by atomic mass is 10.0. The number of nitrogens with zero attached hydrogens (tertiary/aromatic N) is 2. The van der Waals surface area contributed by atoms with E-state index in [2.05, 4.69) is 47.6 Å². The van der Waals surface area contributed by atoms with Gasteiger partial charge in [0.25, 0.3) is 0 Å². The zero-order chi connectivity index (χ0) is 13.5. The average Bonchev–Trinajstić information content (AvgIpc) is 2.48. The Hall–Kier alpha value is -2.18. The molecular weight excluding hydrogens is 234 g/mol. The molecule has 1 unspecified atom stereocenters. The molecule has 0 radical (unpaired) electrons. The fourth-order valence-electron chi connectivity index (χ4n) is 1.98. The van der Waals surface area contributed by atoms with Crippen LogP contribution < -0.4 is 5.32 Å². The third-order valence-electron chi connectivity index (χ3n) is 3.09. The normalized spacial score (nSPS) is 11.8. The molecule has 3 heteroatoms. The van der Waals surface area contributed by atoms with Crippen LogP contribution in [0.3, 0.4) is 0 Å². The van der Waals surface area contributed by atoms with Crippen molar-refractivity contribution in [3.63, 3.8) is 0 Å². The number of nitriles is 1. The van der Waals surface area contributed by atoms with Gasteiger partial charge in [0.2, 0.25) is 0 Å². The summed E-state index contributed by atoms with van der Waals surface area (Å²) in [4.78, 5) is 3.96. The van der Waals surface area contributed by atoms with E-state index in [-0.39, 0.29) is 0 Å². The molecular formula is C16H17N3. The molecule has 19 heavy (non-hydrogen) atoms. The topological polar surface area (TPSA) is 48.7 Å². The summed E-state index contributed by atoms with van der Waals surface area (Å²) in [5, 5.41) is 12.2. The van der Waals surface area contributed by atoms with Crippen molar-refractivity contribution >= 4 is 0 Å². The lowest BCUT2D eigenvalue weighted by Gasteiger charge is -2.13. The van der Waals surface area contributed by atoms with Crippen molar-refractivity contribution in [1.82, 2.24) is 10.3 Å². The highest BCUT2D eigenvalue weighted by atomic mass is 14.9. The molecule has 1 aromatic heterocycles. The highest BCUT2D eigenvalue weighted by Crippen LogP contribution is 2.13. The monoisotopic (exact) mass is 251 g/mol. The highest BCUT2D eigenvalue weighted by Gasteiger charge is 2.04. The first-order valence-electron chi connectivity index (χ1n) is 6.40. The molecule has 2 rings (SSSR count). The highest BCUT2D eigenvalue weighted by molar-refractivity contribution is 5.25. The Kier molecular flexibility index (Phi) is 4.66. The van der Waals surface area contributed by atoms with Gasteiger partial charge in [-0.2, -0.15) is 5.26 Å². The summed E-state index contributed by atoms with van der Waals surface area (Å²) >= 11 is 0. The van der Waals surface area contributed by atoms with E-state index in [0.29, 0.717) is 11.6 Å². The van der Waals surface area contributed by atoms with E-state index >= 15 is 0 Å². The summed E-state index contributed by atoms with van der Waals surface area (Å²) in [6.07, 6.45) is 1.68. The van der Waals surface area contributed by atoms with Crippen LogP contribution in [0, 0.1) is 11.3 Å². The molecule has 0 aliphatic rings. The molecule has 3 nitrogen and oxygen atoms in total. The van der Waals surface area contributed by atoms with Crippen LogP contribution in [0.1, 0.15) is 29.7 Å². The number of benzene rings is 1. The first kappa shape index (κ1) is 13.3. The molecule has 1 aromatic carbocycles. The van der Waals surface area contributed by atoms with Crippen LogP contribution in [0.2, 0.25) is 0 Å². The maximum Gasteiger partial charge on any atom is 0.140 e. The minimum Gasteiger partial charge on any atom is -0.312 e. The van der Waals surface area contributed by atoms with E-state index in [9.17, 15) is 0 Å². The summed E-state index contributed by atoms with van der Waals surface area (Å²) in [7, 11) is 0. The predicted molar refractivity (Wildman–Crippen MR) is 75.5 cm³/mol. The van der Waals surface area contributed by atoms with Crippen molar-refractivity contribution < 1.29 is 0 Å². The first-order valence-corrected chi connectivity index (χ1v) is 6.40.